The molecule has 0 aliphatic heterocycles. The predicted molar refractivity (Wildman–Crippen MR) is 148 cm³/mol. The first-order valence-electron chi connectivity index (χ1n) is 12.3. The van der Waals surface area contributed by atoms with Crippen LogP contribution in [0.4, 0.5) is 4.39 Å². The minimum absolute atomic E-state index is 0.275. The van der Waals surface area contributed by atoms with Crippen LogP contribution in [0.5, 0.6) is 0 Å². The van der Waals surface area contributed by atoms with Crippen molar-refractivity contribution in [2.45, 2.75) is 54.0 Å². The zero-order chi connectivity index (χ0) is 26.4. The molecule has 0 amide bonds. The second kappa shape index (κ2) is 15.3. The van der Waals surface area contributed by atoms with E-state index in [9.17, 15) is 9.65 Å². The van der Waals surface area contributed by atoms with Gasteiger partial charge in [0.1, 0.15) is 5.82 Å². The Morgan fingerprint density at radius 3 is 2.23 bits per heavy atom. The van der Waals surface area contributed by atoms with Gasteiger partial charge in [-0.25, -0.2) is 4.39 Å². The van der Waals surface area contributed by atoms with E-state index in [1.54, 1.807) is 18.2 Å². The molecule has 0 bridgehead atoms. The quantitative estimate of drug-likeness (QED) is 0.229. The lowest BCUT2D eigenvalue weighted by Gasteiger charge is -2.36. The Hall–Kier alpha value is -3.58. The zero-order valence-corrected chi connectivity index (χ0v) is 22.1. The van der Waals surface area contributed by atoms with Crippen molar-refractivity contribution in [2.75, 3.05) is 13.1 Å². The molecule has 186 valence electrons. The van der Waals surface area contributed by atoms with E-state index in [0.717, 1.165) is 47.5 Å². The Labute approximate surface area is 212 Å². The first-order chi connectivity index (χ1) is 16.8. The van der Waals surface area contributed by atoms with Crippen LogP contribution in [0.1, 0.15) is 64.2 Å². The molecule has 3 nitrogen and oxygen atoms in total. The van der Waals surface area contributed by atoms with Gasteiger partial charge in [0.2, 0.25) is 0 Å². The summed E-state index contributed by atoms with van der Waals surface area (Å²) >= 11 is 0. The summed E-state index contributed by atoms with van der Waals surface area (Å²) in [6, 6.07) is 16.2. The number of rotatable bonds is 12. The number of nitrogens with zero attached hydrogens (tertiary/aromatic N) is 3. The number of unbranched alkanes of at least 4 members (excludes halogenated alkanes) is 1. The van der Waals surface area contributed by atoms with E-state index in [0.29, 0.717) is 24.4 Å². The third kappa shape index (κ3) is 8.30. The van der Waals surface area contributed by atoms with Crippen LogP contribution in [0, 0.1) is 17.1 Å². The van der Waals surface area contributed by atoms with Crippen LogP contribution in [0.25, 0.3) is 5.70 Å². The SMILES string of the molecule is C=CCN(CCCC)C(=C)C(=C(C)C)N(Cc1ccc(F)cc1)C(=C)c1ccccc1C#N.CC. The number of halogens is 1. The van der Waals surface area contributed by atoms with Crippen LogP contribution in [0.2, 0.25) is 0 Å². The molecule has 0 N–H and O–H groups in total. The standard InChI is InChI=1S/C29H34FN3.C2H6/c1-7-9-19-32(18-8-2)24(6)29(22(3)4)33(21-25-14-16-27(30)17-15-25)23(5)28-13-11-10-12-26(28)20-31;1-2/h8,10-17H,2,5-7,9,18-19,21H2,1,3-4H3;1-2H3. The molecule has 0 spiro atoms. The number of allylic oxidation sites excluding steroid dienone is 1. The maximum Gasteiger partial charge on any atom is 0.123 e. The smallest absolute Gasteiger partial charge is 0.123 e. The maximum absolute atomic E-state index is 13.6. The number of hydrogen-bond acceptors (Lipinski definition) is 3. The molecular weight excluding hydrogens is 433 g/mol. The van der Waals surface area contributed by atoms with Gasteiger partial charge in [-0.3, -0.25) is 0 Å². The molecule has 2 aromatic rings. The lowest BCUT2D eigenvalue weighted by atomic mass is 10.0. The average Bonchev–Trinajstić information content (AvgIpc) is 2.87. The van der Waals surface area contributed by atoms with Crippen LogP contribution in [-0.4, -0.2) is 22.9 Å². The van der Waals surface area contributed by atoms with E-state index < -0.39 is 0 Å². The van der Waals surface area contributed by atoms with Crippen molar-refractivity contribution in [3.8, 4) is 6.07 Å². The van der Waals surface area contributed by atoms with Gasteiger partial charge in [0.25, 0.3) is 0 Å². The molecule has 0 saturated heterocycles. The molecule has 0 aliphatic rings. The molecule has 0 heterocycles. The maximum atomic E-state index is 13.6. The van der Waals surface area contributed by atoms with Gasteiger partial charge in [-0.2, -0.15) is 5.26 Å². The van der Waals surface area contributed by atoms with Crippen molar-refractivity contribution in [1.82, 2.24) is 9.80 Å². The van der Waals surface area contributed by atoms with Crippen molar-refractivity contribution in [1.29, 1.82) is 5.26 Å². The Morgan fingerprint density at radius 2 is 1.69 bits per heavy atom. The van der Waals surface area contributed by atoms with Crippen molar-refractivity contribution in [3.05, 3.63) is 114 Å². The topological polar surface area (TPSA) is 30.3 Å². The van der Waals surface area contributed by atoms with Crippen molar-refractivity contribution in [3.63, 3.8) is 0 Å². The molecule has 2 rings (SSSR count). The third-order valence-electron chi connectivity index (χ3n) is 5.47. The zero-order valence-electron chi connectivity index (χ0n) is 22.1. The highest BCUT2D eigenvalue weighted by molar-refractivity contribution is 5.70. The third-order valence-corrected chi connectivity index (χ3v) is 5.47. The summed E-state index contributed by atoms with van der Waals surface area (Å²) in [5.41, 5.74) is 5.83. The van der Waals surface area contributed by atoms with E-state index in [2.05, 4.69) is 42.5 Å². The molecule has 0 radical (unpaired) electrons. The lowest BCUT2D eigenvalue weighted by molar-refractivity contribution is 0.350. The minimum atomic E-state index is -0.275. The summed E-state index contributed by atoms with van der Waals surface area (Å²) in [7, 11) is 0. The van der Waals surface area contributed by atoms with Gasteiger partial charge in [-0.05, 0) is 44.0 Å². The van der Waals surface area contributed by atoms with E-state index in [1.165, 1.54) is 12.1 Å². The van der Waals surface area contributed by atoms with Gasteiger partial charge in [-0.1, -0.05) is 82.3 Å². The van der Waals surface area contributed by atoms with E-state index >= 15 is 0 Å². The summed E-state index contributed by atoms with van der Waals surface area (Å²) in [6.07, 6.45) is 4.00. The first-order valence-corrected chi connectivity index (χ1v) is 12.3. The van der Waals surface area contributed by atoms with Gasteiger partial charge in [0.15, 0.2) is 0 Å². The van der Waals surface area contributed by atoms with E-state index in [1.807, 2.05) is 52.0 Å². The van der Waals surface area contributed by atoms with Crippen LogP contribution < -0.4 is 0 Å². The molecule has 0 saturated carbocycles. The highest BCUT2D eigenvalue weighted by atomic mass is 19.1. The molecular formula is C31H40FN3. The van der Waals surface area contributed by atoms with E-state index in [-0.39, 0.29) is 5.82 Å². The van der Waals surface area contributed by atoms with Crippen LogP contribution in [-0.2, 0) is 6.54 Å². The molecule has 35 heavy (non-hydrogen) atoms. The van der Waals surface area contributed by atoms with E-state index in [4.69, 9.17) is 0 Å². The van der Waals surface area contributed by atoms with Gasteiger partial charge in [-0.15, -0.1) is 6.58 Å². The first kappa shape index (κ1) is 29.5. The highest BCUT2D eigenvalue weighted by Gasteiger charge is 2.23. The molecule has 2 aromatic carbocycles. The normalized spacial score (nSPS) is 9.74. The summed E-state index contributed by atoms with van der Waals surface area (Å²) < 4.78 is 13.6. The lowest BCUT2D eigenvalue weighted by Crippen LogP contribution is -2.32. The van der Waals surface area contributed by atoms with Crippen LogP contribution >= 0.6 is 0 Å². The molecule has 0 unspecified atom stereocenters. The molecule has 0 aromatic heterocycles. The van der Waals surface area contributed by atoms with Crippen molar-refractivity contribution >= 4 is 5.70 Å². The molecule has 0 fully saturated rings. The monoisotopic (exact) mass is 473 g/mol. The summed E-state index contributed by atoms with van der Waals surface area (Å²) in [5.74, 6) is -0.275. The number of nitriles is 1. The van der Waals surface area contributed by atoms with Gasteiger partial charge in [0.05, 0.1) is 23.0 Å². The largest absolute Gasteiger partial charge is 0.367 e. The number of benzene rings is 2. The van der Waals surface area contributed by atoms with Crippen molar-refractivity contribution in [2.24, 2.45) is 0 Å². The minimum Gasteiger partial charge on any atom is -0.367 e. The average molecular weight is 474 g/mol. The highest BCUT2D eigenvalue weighted by Crippen LogP contribution is 2.32. The summed E-state index contributed by atoms with van der Waals surface area (Å²) in [5, 5.41) is 9.68. The summed E-state index contributed by atoms with van der Waals surface area (Å²) in [4.78, 5) is 4.31. The second-order valence-electron chi connectivity index (χ2n) is 8.20. The molecule has 0 aliphatic carbocycles. The van der Waals surface area contributed by atoms with Crippen LogP contribution in [0.3, 0.4) is 0 Å². The summed E-state index contributed by atoms with van der Waals surface area (Å²) in [6.45, 7) is 25.0. The Balaban J connectivity index is 0.00000298. The molecule has 4 heteroatoms. The predicted octanol–water partition coefficient (Wildman–Crippen LogP) is 8.29. The number of hydrogen-bond donors (Lipinski definition) is 0. The molecule has 0 atom stereocenters. The Morgan fingerprint density at radius 1 is 1.06 bits per heavy atom. The van der Waals surface area contributed by atoms with Gasteiger partial charge in [0, 0.05) is 30.9 Å². The Bertz CT molecular complexity index is 1050. The van der Waals surface area contributed by atoms with Gasteiger partial charge < -0.3 is 9.80 Å². The van der Waals surface area contributed by atoms with Gasteiger partial charge >= 0.3 is 0 Å². The second-order valence-corrected chi connectivity index (χ2v) is 8.20. The fraction of sp³-hybridized carbons (Fsp3) is 0.323. The Kier molecular flexibility index (Phi) is 12.9. The van der Waals surface area contributed by atoms with Crippen LogP contribution in [0.15, 0.2) is 91.3 Å². The fourth-order valence-electron chi connectivity index (χ4n) is 3.76. The fourth-order valence-corrected chi connectivity index (χ4v) is 3.76. The van der Waals surface area contributed by atoms with Crippen molar-refractivity contribution < 1.29 is 4.39 Å².